The van der Waals surface area contributed by atoms with Gasteiger partial charge in [-0.05, 0) is 103 Å². The van der Waals surface area contributed by atoms with Crippen LogP contribution < -0.4 is 4.90 Å². The summed E-state index contributed by atoms with van der Waals surface area (Å²) in [4.78, 5) is 2.42. The quantitative estimate of drug-likeness (QED) is 0.159. The van der Waals surface area contributed by atoms with Gasteiger partial charge in [-0.1, -0.05) is 154 Å². The lowest BCUT2D eigenvalue weighted by atomic mass is 9.82. The fourth-order valence-corrected chi connectivity index (χ4v) is 7.88. The van der Waals surface area contributed by atoms with Crippen LogP contribution in [0.4, 0.5) is 17.1 Å². The third kappa shape index (κ3) is 4.93. The normalized spacial score (nSPS) is 13.2. The summed E-state index contributed by atoms with van der Waals surface area (Å²) in [5.74, 6) is 0. The SMILES string of the molecule is C=C/C=C(\C=C)c1ccc(N(c2ccc3c(c2)-c2ccccc2C3(C)C)c2ccc(-c3ccc(C)c4ccccc34)c3ccccc23)cc1. The predicted octanol–water partition coefficient (Wildman–Crippen LogP) is 13.5. The standard InChI is InChI=1S/C48H39N/c1-6-14-33(7-2)34-22-24-35(25-23-34)49(36-26-29-46-44(31-36)42-18-12-13-20-45(42)48(46,4)5)47-30-28-41(39-17-10-11-19-43(39)47)40-27-21-32(3)37-15-8-9-16-38(37)40/h6-31H,1-2H2,3-5H3/b33-14+. The number of nitrogens with zero attached hydrogens (tertiary/aromatic N) is 1. The second-order valence-electron chi connectivity index (χ2n) is 13.5. The van der Waals surface area contributed by atoms with Gasteiger partial charge < -0.3 is 4.90 Å². The highest BCUT2D eigenvalue weighted by molar-refractivity contribution is 6.11. The molecule has 236 valence electrons. The second-order valence-corrected chi connectivity index (χ2v) is 13.5. The molecular formula is C48H39N. The van der Waals surface area contributed by atoms with Crippen molar-refractivity contribution in [1.29, 1.82) is 0 Å². The van der Waals surface area contributed by atoms with E-state index in [4.69, 9.17) is 0 Å². The van der Waals surface area contributed by atoms with Gasteiger partial charge in [0.05, 0.1) is 5.69 Å². The van der Waals surface area contributed by atoms with Crippen LogP contribution in [0.3, 0.4) is 0 Å². The summed E-state index contributed by atoms with van der Waals surface area (Å²) < 4.78 is 0. The molecule has 0 fully saturated rings. The zero-order valence-electron chi connectivity index (χ0n) is 28.4. The van der Waals surface area contributed by atoms with E-state index in [9.17, 15) is 0 Å². The van der Waals surface area contributed by atoms with Gasteiger partial charge in [-0.2, -0.15) is 0 Å². The van der Waals surface area contributed by atoms with Gasteiger partial charge in [0.2, 0.25) is 0 Å². The summed E-state index contributed by atoms with van der Waals surface area (Å²) in [6, 6.07) is 51.4. The average molecular weight is 630 g/mol. The lowest BCUT2D eigenvalue weighted by Crippen LogP contribution is -2.15. The molecule has 0 atom stereocenters. The molecule has 0 saturated carbocycles. The van der Waals surface area contributed by atoms with Crippen molar-refractivity contribution in [1.82, 2.24) is 0 Å². The Balaban J connectivity index is 1.36. The summed E-state index contributed by atoms with van der Waals surface area (Å²) >= 11 is 0. The molecule has 0 N–H and O–H groups in total. The number of allylic oxidation sites excluding steroid dienone is 4. The minimum absolute atomic E-state index is 0.0549. The highest BCUT2D eigenvalue weighted by atomic mass is 15.1. The fourth-order valence-electron chi connectivity index (χ4n) is 7.88. The number of hydrogen-bond acceptors (Lipinski definition) is 1. The largest absolute Gasteiger partial charge is 0.310 e. The molecule has 0 amide bonds. The first-order chi connectivity index (χ1) is 23.9. The maximum Gasteiger partial charge on any atom is 0.0540 e. The molecule has 0 spiro atoms. The third-order valence-electron chi connectivity index (χ3n) is 10.4. The summed E-state index contributed by atoms with van der Waals surface area (Å²) in [5, 5.41) is 5.00. The Morgan fingerprint density at radius 1 is 0.551 bits per heavy atom. The molecule has 1 aliphatic rings. The van der Waals surface area contributed by atoms with Gasteiger partial charge >= 0.3 is 0 Å². The topological polar surface area (TPSA) is 3.24 Å². The van der Waals surface area contributed by atoms with Gasteiger partial charge in [-0.3, -0.25) is 0 Å². The Hall–Kier alpha value is -5.92. The summed E-state index contributed by atoms with van der Waals surface area (Å²) in [6.45, 7) is 14.8. The number of benzene rings is 7. The predicted molar refractivity (Wildman–Crippen MR) is 212 cm³/mol. The zero-order valence-corrected chi connectivity index (χ0v) is 28.4. The van der Waals surface area contributed by atoms with Gasteiger partial charge in [0.25, 0.3) is 0 Å². The zero-order chi connectivity index (χ0) is 33.7. The van der Waals surface area contributed by atoms with E-state index in [0.717, 1.165) is 28.2 Å². The maximum absolute atomic E-state index is 4.04. The molecule has 0 heterocycles. The molecule has 8 rings (SSSR count). The second kappa shape index (κ2) is 12.0. The van der Waals surface area contributed by atoms with Crippen molar-refractivity contribution >= 4 is 44.2 Å². The molecule has 0 saturated heterocycles. The van der Waals surface area contributed by atoms with Crippen LogP contribution in [-0.2, 0) is 5.41 Å². The first kappa shape index (κ1) is 30.4. The van der Waals surface area contributed by atoms with E-state index in [1.54, 1.807) is 0 Å². The van der Waals surface area contributed by atoms with Crippen molar-refractivity contribution in [3.63, 3.8) is 0 Å². The fraction of sp³-hybridized carbons (Fsp3) is 0.0833. The molecule has 0 unspecified atom stereocenters. The molecule has 1 heteroatoms. The van der Waals surface area contributed by atoms with Crippen LogP contribution in [0, 0.1) is 6.92 Å². The monoisotopic (exact) mass is 629 g/mol. The van der Waals surface area contributed by atoms with Crippen LogP contribution in [-0.4, -0.2) is 0 Å². The van der Waals surface area contributed by atoms with E-state index < -0.39 is 0 Å². The van der Waals surface area contributed by atoms with Crippen LogP contribution in [0.15, 0.2) is 171 Å². The van der Waals surface area contributed by atoms with E-state index >= 15 is 0 Å². The molecular weight excluding hydrogens is 591 g/mol. The van der Waals surface area contributed by atoms with E-state index in [2.05, 4.69) is 178 Å². The molecule has 0 aromatic heterocycles. The highest BCUT2D eigenvalue weighted by Gasteiger charge is 2.35. The first-order valence-corrected chi connectivity index (χ1v) is 17.0. The van der Waals surface area contributed by atoms with Crippen molar-refractivity contribution in [3.8, 4) is 22.3 Å². The Morgan fingerprint density at radius 2 is 1.14 bits per heavy atom. The highest BCUT2D eigenvalue weighted by Crippen LogP contribution is 2.51. The van der Waals surface area contributed by atoms with E-state index in [1.807, 2.05) is 18.2 Å². The van der Waals surface area contributed by atoms with Crippen molar-refractivity contribution < 1.29 is 0 Å². The summed E-state index contributed by atoms with van der Waals surface area (Å²) in [7, 11) is 0. The van der Waals surface area contributed by atoms with Gasteiger partial charge in [-0.15, -0.1) is 0 Å². The average Bonchev–Trinajstić information content (AvgIpc) is 3.37. The number of anilines is 3. The smallest absolute Gasteiger partial charge is 0.0540 e. The van der Waals surface area contributed by atoms with E-state index in [1.165, 1.54) is 60.5 Å². The van der Waals surface area contributed by atoms with Crippen molar-refractivity contribution in [2.24, 2.45) is 0 Å². The minimum Gasteiger partial charge on any atom is -0.310 e. The molecule has 7 aromatic carbocycles. The van der Waals surface area contributed by atoms with Gasteiger partial charge in [0.15, 0.2) is 0 Å². The number of hydrogen-bond donors (Lipinski definition) is 0. The minimum atomic E-state index is -0.0549. The Bertz CT molecular complexity index is 2460. The number of aryl methyl sites for hydroxylation is 1. The molecule has 49 heavy (non-hydrogen) atoms. The molecule has 0 bridgehead atoms. The summed E-state index contributed by atoms with van der Waals surface area (Å²) in [5.41, 5.74) is 14.6. The van der Waals surface area contributed by atoms with Crippen molar-refractivity contribution in [2.45, 2.75) is 26.2 Å². The van der Waals surface area contributed by atoms with Crippen LogP contribution in [0.1, 0.15) is 36.1 Å². The molecule has 1 nitrogen and oxygen atoms in total. The van der Waals surface area contributed by atoms with Gasteiger partial charge in [0, 0.05) is 22.2 Å². The van der Waals surface area contributed by atoms with E-state index in [0.29, 0.717) is 0 Å². The van der Waals surface area contributed by atoms with Crippen LogP contribution in [0.2, 0.25) is 0 Å². The van der Waals surface area contributed by atoms with Crippen LogP contribution in [0.25, 0.3) is 49.4 Å². The van der Waals surface area contributed by atoms with E-state index in [-0.39, 0.29) is 5.41 Å². The van der Waals surface area contributed by atoms with Crippen molar-refractivity contribution in [2.75, 3.05) is 4.90 Å². The number of rotatable bonds is 7. The Kier molecular flexibility index (Phi) is 7.42. The van der Waals surface area contributed by atoms with Crippen molar-refractivity contribution in [3.05, 3.63) is 193 Å². The Labute approximate surface area is 289 Å². The molecule has 0 aliphatic heterocycles. The van der Waals surface area contributed by atoms with Crippen LogP contribution >= 0.6 is 0 Å². The Morgan fingerprint density at radius 3 is 1.86 bits per heavy atom. The maximum atomic E-state index is 4.04. The first-order valence-electron chi connectivity index (χ1n) is 17.0. The molecule has 0 radical (unpaired) electrons. The summed E-state index contributed by atoms with van der Waals surface area (Å²) in [6.07, 6.45) is 5.70. The molecule has 1 aliphatic carbocycles. The van der Waals surface area contributed by atoms with Crippen LogP contribution in [0.5, 0.6) is 0 Å². The number of fused-ring (bicyclic) bond motifs is 5. The van der Waals surface area contributed by atoms with Gasteiger partial charge in [0.1, 0.15) is 0 Å². The lowest BCUT2D eigenvalue weighted by molar-refractivity contribution is 0.660. The third-order valence-corrected chi connectivity index (χ3v) is 10.4. The van der Waals surface area contributed by atoms with Gasteiger partial charge in [-0.25, -0.2) is 0 Å². The molecule has 7 aromatic rings. The lowest BCUT2D eigenvalue weighted by Gasteiger charge is -2.29.